The molecule has 0 spiro atoms. The highest BCUT2D eigenvalue weighted by atomic mass is 35.5. The Kier molecular flexibility index (Phi) is 5.05. The number of benzene rings is 1. The molecule has 1 fully saturated rings. The summed E-state index contributed by atoms with van der Waals surface area (Å²) in [6.07, 6.45) is 4.56. The Morgan fingerprint density at radius 3 is 2.60 bits per heavy atom. The van der Waals surface area contributed by atoms with Crippen LogP contribution in [0.5, 0.6) is 0 Å². The Hall–Kier alpha value is -0.240. The maximum atomic E-state index is 6.42. The topological polar surface area (TPSA) is 26.0 Å². The molecule has 1 aromatic rings. The number of halogens is 2. The van der Waals surface area contributed by atoms with Crippen molar-refractivity contribution in [1.82, 2.24) is 0 Å². The van der Waals surface area contributed by atoms with E-state index < -0.39 is 0 Å². The van der Waals surface area contributed by atoms with Gasteiger partial charge in [0, 0.05) is 6.04 Å². The summed E-state index contributed by atoms with van der Waals surface area (Å²) in [5, 5.41) is 1.33. The molecule has 2 rings (SSSR count). The summed E-state index contributed by atoms with van der Waals surface area (Å²) in [5.74, 6) is 1.31. The fourth-order valence-corrected chi connectivity index (χ4v) is 4.09. The molecule has 0 aliphatic heterocycles. The van der Waals surface area contributed by atoms with Crippen molar-refractivity contribution in [2.75, 3.05) is 0 Å². The normalized spacial score (nSPS) is 27.6. The fourth-order valence-electron chi connectivity index (χ4n) is 3.70. The van der Waals surface area contributed by atoms with Crippen molar-refractivity contribution < 1.29 is 0 Å². The van der Waals surface area contributed by atoms with Gasteiger partial charge in [-0.2, -0.15) is 0 Å². The van der Waals surface area contributed by atoms with Gasteiger partial charge in [-0.15, -0.1) is 0 Å². The number of rotatable bonds is 3. The van der Waals surface area contributed by atoms with Crippen LogP contribution >= 0.6 is 23.2 Å². The number of hydrogen-bond donors (Lipinski definition) is 1. The van der Waals surface area contributed by atoms with E-state index in [0.717, 1.165) is 24.3 Å². The zero-order valence-corrected chi connectivity index (χ0v) is 14.1. The molecule has 0 bridgehead atoms. The van der Waals surface area contributed by atoms with Crippen LogP contribution in [-0.2, 0) is 6.42 Å². The largest absolute Gasteiger partial charge is 0.327 e. The van der Waals surface area contributed by atoms with E-state index in [4.69, 9.17) is 28.9 Å². The zero-order valence-electron chi connectivity index (χ0n) is 12.6. The SMILES string of the molecule is CC1CCC(C(C)(C)Cc2cccc(Cl)c2Cl)C(N)C1. The second-order valence-electron chi connectivity index (χ2n) is 7.07. The van der Waals surface area contributed by atoms with Crippen molar-refractivity contribution in [3.05, 3.63) is 33.8 Å². The van der Waals surface area contributed by atoms with E-state index in [9.17, 15) is 0 Å². The third kappa shape index (κ3) is 3.50. The average molecular weight is 314 g/mol. The van der Waals surface area contributed by atoms with E-state index >= 15 is 0 Å². The summed E-state index contributed by atoms with van der Waals surface area (Å²) in [4.78, 5) is 0. The first-order chi connectivity index (χ1) is 9.31. The molecule has 0 heterocycles. The fraction of sp³-hybridized carbons (Fsp3) is 0.647. The molecule has 1 nitrogen and oxygen atoms in total. The van der Waals surface area contributed by atoms with E-state index in [1.54, 1.807) is 0 Å². The standard InChI is InChI=1S/C17H25Cl2N/c1-11-7-8-13(15(20)9-11)17(2,3)10-12-5-4-6-14(18)16(12)19/h4-6,11,13,15H,7-10,20H2,1-3H3. The van der Waals surface area contributed by atoms with Gasteiger partial charge in [0.1, 0.15) is 0 Å². The predicted octanol–water partition coefficient (Wildman–Crippen LogP) is 5.33. The molecule has 3 heteroatoms. The zero-order chi connectivity index (χ0) is 14.9. The highest BCUT2D eigenvalue weighted by molar-refractivity contribution is 6.42. The maximum Gasteiger partial charge on any atom is 0.0624 e. The van der Waals surface area contributed by atoms with Crippen molar-refractivity contribution in [2.45, 2.75) is 52.5 Å². The van der Waals surface area contributed by atoms with Crippen LogP contribution in [-0.4, -0.2) is 6.04 Å². The van der Waals surface area contributed by atoms with Gasteiger partial charge in [0.2, 0.25) is 0 Å². The Morgan fingerprint density at radius 1 is 1.25 bits per heavy atom. The molecule has 0 amide bonds. The lowest BCUT2D eigenvalue weighted by Crippen LogP contribution is -2.44. The van der Waals surface area contributed by atoms with Gasteiger partial charge in [-0.05, 0) is 48.1 Å². The van der Waals surface area contributed by atoms with Gasteiger partial charge in [-0.1, -0.05) is 62.5 Å². The Bertz CT molecular complexity index is 470. The molecular formula is C17H25Cl2N. The molecule has 0 saturated heterocycles. The minimum Gasteiger partial charge on any atom is -0.327 e. The molecule has 1 saturated carbocycles. The minimum atomic E-state index is 0.147. The quantitative estimate of drug-likeness (QED) is 0.802. The van der Waals surface area contributed by atoms with Gasteiger partial charge >= 0.3 is 0 Å². The van der Waals surface area contributed by atoms with Crippen LogP contribution in [0.15, 0.2) is 18.2 Å². The van der Waals surface area contributed by atoms with E-state index in [-0.39, 0.29) is 5.41 Å². The first-order valence-electron chi connectivity index (χ1n) is 7.49. The number of nitrogens with two attached hydrogens (primary N) is 1. The van der Waals surface area contributed by atoms with Crippen LogP contribution in [0.2, 0.25) is 10.0 Å². The molecule has 3 atom stereocenters. The molecule has 0 radical (unpaired) electrons. The Balaban J connectivity index is 2.16. The van der Waals surface area contributed by atoms with E-state index in [1.807, 2.05) is 12.1 Å². The Morgan fingerprint density at radius 2 is 1.95 bits per heavy atom. The highest BCUT2D eigenvalue weighted by Gasteiger charge is 2.37. The molecule has 3 unspecified atom stereocenters. The van der Waals surface area contributed by atoms with Gasteiger partial charge in [-0.3, -0.25) is 0 Å². The smallest absolute Gasteiger partial charge is 0.0624 e. The molecule has 112 valence electrons. The average Bonchev–Trinajstić information content (AvgIpc) is 2.34. The summed E-state index contributed by atoms with van der Waals surface area (Å²) in [7, 11) is 0. The van der Waals surface area contributed by atoms with E-state index in [0.29, 0.717) is 22.0 Å². The molecular weight excluding hydrogens is 289 g/mol. The lowest BCUT2D eigenvalue weighted by Gasteiger charge is -2.43. The van der Waals surface area contributed by atoms with Crippen molar-refractivity contribution in [3.63, 3.8) is 0 Å². The lowest BCUT2D eigenvalue weighted by atomic mass is 9.64. The van der Waals surface area contributed by atoms with Crippen LogP contribution in [0.3, 0.4) is 0 Å². The van der Waals surface area contributed by atoms with Gasteiger partial charge in [0.05, 0.1) is 10.0 Å². The number of hydrogen-bond acceptors (Lipinski definition) is 1. The highest BCUT2D eigenvalue weighted by Crippen LogP contribution is 2.42. The maximum absolute atomic E-state index is 6.42. The lowest BCUT2D eigenvalue weighted by molar-refractivity contribution is 0.113. The molecule has 0 aromatic heterocycles. The van der Waals surface area contributed by atoms with Gasteiger partial charge in [0.15, 0.2) is 0 Å². The second kappa shape index (κ2) is 6.25. The van der Waals surface area contributed by atoms with Crippen LogP contribution in [0.4, 0.5) is 0 Å². The summed E-state index contributed by atoms with van der Waals surface area (Å²) < 4.78 is 0. The van der Waals surface area contributed by atoms with Crippen molar-refractivity contribution >= 4 is 23.2 Å². The molecule has 1 aromatic carbocycles. The van der Waals surface area contributed by atoms with Crippen molar-refractivity contribution in [1.29, 1.82) is 0 Å². The Labute approximate surface area is 132 Å². The molecule has 1 aliphatic rings. The first-order valence-corrected chi connectivity index (χ1v) is 8.25. The van der Waals surface area contributed by atoms with Crippen LogP contribution in [0.25, 0.3) is 0 Å². The van der Waals surface area contributed by atoms with Gasteiger partial charge in [0.25, 0.3) is 0 Å². The van der Waals surface area contributed by atoms with Gasteiger partial charge < -0.3 is 5.73 Å². The molecule has 2 N–H and O–H groups in total. The molecule has 20 heavy (non-hydrogen) atoms. The van der Waals surface area contributed by atoms with Gasteiger partial charge in [-0.25, -0.2) is 0 Å². The summed E-state index contributed by atoms with van der Waals surface area (Å²) in [6, 6.07) is 6.19. The van der Waals surface area contributed by atoms with Crippen LogP contribution in [0.1, 0.15) is 45.6 Å². The minimum absolute atomic E-state index is 0.147. The van der Waals surface area contributed by atoms with E-state index in [1.165, 1.54) is 12.8 Å². The third-order valence-electron chi connectivity index (χ3n) is 4.84. The molecule has 1 aliphatic carbocycles. The summed E-state index contributed by atoms with van der Waals surface area (Å²) in [5.41, 5.74) is 7.70. The predicted molar refractivity (Wildman–Crippen MR) is 88.4 cm³/mol. The first kappa shape index (κ1) is 16.1. The van der Waals surface area contributed by atoms with Crippen LogP contribution in [0, 0.1) is 17.3 Å². The van der Waals surface area contributed by atoms with Crippen LogP contribution < -0.4 is 5.73 Å². The second-order valence-corrected chi connectivity index (χ2v) is 7.85. The third-order valence-corrected chi connectivity index (χ3v) is 5.70. The van der Waals surface area contributed by atoms with Crippen molar-refractivity contribution in [2.24, 2.45) is 23.0 Å². The van der Waals surface area contributed by atoms with Crippen molar-refractivity contribution in [3.8, 4) is 0 Å². The monoisotopic (exact) mass is 313 g/mol. The summed E-state index contributed by atoms with van der Waals surface area (Å²) in [6.45, 7) is 6.92. The summed E-state index contributed by atoms with van der Waals surface area (Å²) >= 11 is 12.5. The van der Waals surface area contributed by atoms with E-state index in [2.05, 4.69) is 26.8 Å².